The van der Waals surface area contributed by atoms with Crippen LogP contribution in [0.15, 0.2) is 47.4 Å². The van der Waals surface area contributed by atoms with E-state index < -0.39 is 20.7 Å². The van der Waals surface area contributed by atoms with Gasteiger partial charge < -0.3 is 5.32 Å². The smallest absolute Gasteiger partial charge is 0.273 e. The van der Waals surface area contributed by atoms with Gasteiger partial charge in [0.25, 0.3) is 5.69 Å². The van der Waals surface area contributed by atoms with Crippen molar-refractivity contribution >= 4 is 48.1 Å². The Labute approximate surface area is 152 Å². The van der Waals surface area contributed by atoms with Crippen LogP contribution in [0, 0.1) is 10.1 Å². The summed E-state index contributed by atoms with van der Waals surface area (Å²) in [5.74, 6) is -0.443. The average molecular weight is 391 g/mol. The fraction of sp³-hybridized carbons (Fsp3) is 0.125. The molecule has 1 N–H and O–H groups in total. The zero-order valence-corrected chi connectivity index (χ0v) is 15.1. The van der Waals surface area contributed by atoms with Gasteiger partial charge in [-0.25, -0.2) is 13.4 Å². The molecule has 0 bridgehead atoms. The first kappa shape index (κ1) is 18.0. The summed E-state index contributed by atoms with van der Waals surface area (Å²) in [4.78, 5) is 27.1. The van der Waals surface area contributed by atoms with Crippen molar-refractivity contribution in [3.8, 4) is 0 Å². The summed E-state index contributed by atoms with van der Waals surface area (Å²) in [7, 11) is -3.33. The number of nitrogens with zero attached hydrogens (tertiary/aromatic N) is 2. The lowest BCUT2D eigenvalue weighted by molar-refractivity contribution is -0.385. The van der Waals surface area contributed by atoms with Gasteiger partial charge in [-0.3, -0.25) is 14.9 Å². The van der Waals surface area contributed by atoms with Gasteiger partial charge in [0, 0.05) is 17.9 Å². The van der Waals surface area contributed by atoms with E-state index in [-0.39, 0.29) is 17.0 Å². The Hall–Kier alpha value is -2.85. The Morgan fingerprint density at radius 1 is 1.27 bits per heavy atom. The number of anilines is 1. The van der Waals surface area contributed by atoms with Crippen LogP contribution < -0.4 is 5.32 Å². The third-order valence-corrected chi connectivity index (χ3v) is 5.62. The molecule has 0 spiro atoms. The molecule has 0 aliphatic rings. The van der Waals surface area contributed by atoms with Crippen LogP contribution in [0.2, 0.25) is 0 Å². The Kier molecular flexibility index (Phi) is 4.70. The van der Waals surface area contributed by atoms with Gasteiger partial charge in [0.05, 0.1) is 26.5 Å². The highest BCUT2D eigenvalue weighted by molar-refractivity contribution is 7.90. The highest BCUT2D eigenvalue weighted by atomic mass is 32.2. The van der Waals surface area contributed by atoms with E-state index >= 15 is 0 Å². The number of rotatable bonds is 5. The first-order valence-corrected chi connectivity index (χ1v) is 10.1. The number of sulfone groups is 1. The molecule has 0 fully saturated rings. The van der Waals surface area contributed by atoms with Crippen molar-refractivity contribution < 1.29 is 18.1 Å². The van der Waals surface area contributed by atoms with Gasteiger partial charge >= 0.3 is 0 Å². The fourth-order valence-electron chi connectivity index (χ4n) is 2.36. The number of nitro benzene ring substituents is 1. The number of benzene rings is 2. The van der Waals surface area contributed by atoms with Crippen LogP contribution in [-0.4, -0.2) is 30.5 Å². The zero-order valence-electron chi connectivity index (χ0n) is 13.5. The number of nitro groups is 1. The van der Waals surface area contributed by atoms with Gasteiger partial charge in [0.2, 0.25) is 5.91 Å². The fourth-order valence-corrected chi connectivity index (χ4v) is 4.01. The number of nitrogens with one attached hydrogen (secondary N) is 1. The molecular formula is C16H13N3O5S2. The van der Waals surface area contributed by atoms with Crippen LogP contribution in [0.4, 0.5) is 10.8 Å². The molecule has 8 nitrogen and oxygen atoms in total. The minimum atomic E-state index is -3.33. The van der Waals surface area contributed by atoms with Gasteiger partial charge in [0.15, 0.2) is 15.0 Å². The summed E-state index contributed by atoms with van der Waals surface area (Å²) in [5.41, 5.74) is 0.739. The Morgan fingerprint density at radius 2 is 2.00 bits per heavy atom. The summed E-state index contributed by atoms with van der Waals surface area (Å²) in [6.45, 7) is 0. The molecule has 0 saturated heterocycles. The molecule has 1 amide bonds. The lowest BCUT2D eigenvalue weighted by atomic mass is 10.1. The van der Waals surface area contributed by atoms with Crippen LogP contribution in [0.1, 0.15) is 5.56 Å². The van der Waals surface area contributed by atoms with E-state index in [1.165, 1.54) is 30.3 Å². The van der Waals surface area contributed by atoms with Crippen molar-refractivity contribution in [2.24, 2.45) is 0 Å². The van der Waals surface area contributed by atoms with E-state index in [9.17, 15) is 23.3 Å². The van der Waals surface area contributed by atoms with Crippen molar-refractivity contribution in [2.75, 3.05) is 11.6 Å². The predicted molar refractivity (Wildman–Crippen MR) is 98.2 cm³/mol. The SMILES string of the molecule is CS(=O)(=O)c1ccc2nc(NC(=O)Cc3ccccc3[N+](=O)[O-])sc2c1. The third-order valence-electron chi connectivity index (χ3n) is 3.57. The topological polar surface area (TPSA) is 119 Å². The molecule has 3 rings (SSSR count). The van der Waals surface area contributed by atoms with E-state index in [0.29, 0.717) is 20.9 Å². The monoisotopic (exact) mass is 391 g/mol. The van der Waals surface area contributed by atoms with Crippen molar-refractivity contribution in [3.63, 3.8) is 0 Å². The number of para-hydroxylation sites is 1. The Balaban J connectivity index is 1.81. The molecule has 1 heterocycles. The van der Waals surface area contributed by atoms with E-state index in [4.69, 9.17) is 0 Å². The summed E-state index contributed by atoms with van der Waals surface area (Å²) >= 11 is 1.14. The molecule has 0 saturated carbocycles. The minimum absolute atomic E-state index is 0.121. The quantitative estimate of drug-likeness (QED) is 0.527. The van der Waals surface area contributed by atoms with Crippen LogP contribution >= 0.6 is 11.3 Å². The van der Waals surface area contributed by atoms with Gasteiger partial charge in [-0.15, -0.1) is 0 Å². The molecule has 0 radical (unpaired) electrons. The number of carbonyl (C=O) groups excluding carboxylic acids is 1. The van der Waals surface area contributed by atoms with E-state index in [1.807, 2.05) is 0 Å². The van der Waals surface area contributed by atoms with Crippen LogP contribution in [0.25, 0.3) is 10.2 Å². The van der Waals surface area contributed by atoms with E-state index in [0.717, 1.165) is 17.6 Å². The number of hydrogen-bond acceptors (Lipinski definition) is 7. The molecule has 26 heavy (non-hydrogen) atoms. The maximum atomic E-state index is 12.2. The second kappa shape index (κ2) is 6.81. The van der Waals surface area contributed by atoms with Crippen LogP contribution in [0.3, 0.4) is 0 Å². The molecule has 134 valence electrons. The summed E-state index contributed by atoms with van der Waals surface area (Å²) in [6, 6.07) is 10.5. The summed E-state index contributed by atoms with van der Waals surface area (Å²) in [6.07, 6.45) is 0.951. The second-order valence-electron chi connectivity index (χ2n) is 5.53. The first-order chi connectivity index (χ1) is 12.2. The van der Waals surface area contributed by atoms with Crippen molar-refractivity contribution in [1.82, 2.24) is 4.98 Å². The molecule has 3 aromatic rings. The molecule has 0 atom stereocenters. The highest BCUT2D eigenvalue weighted by Gasteiger charge is 2.17. The normalized spacial score (nSPS) is 11.4. The molecule has 0 aliphatic carbocycles. The van der Waals surface area contributed by atoms with E-state index in [1.54, 1.807) is 12.1 Å². The molecular weight excluding hydrogens is 378 g/mol. The number of fused-ring (bicyclic) bond motifs is 1. The summed E-state index contributed by atoms with van der Waals surface area (Å²) in [5, 5.41) is 13.9. The maximum absolute atomic E-state index is 12.2. The largest absolute Gasteiger partial charge is 0.302 e. The van der Waals surface area contributed by atoms with Crippen LogP contribution in [-0.2, 0) is 21.1 Å². The number of carbonyl (C=O) groups is 1. The van der Waals surface area contributed by atoms with Gasteiger partial charge in [-0.05, 0) is 18.2 Å². The third kappa shape index (κ3) is 3.86. The van der Waals surface area contributed by atoms with E-state index in [2.05, 4.69) is 10.3 Å². The predicted octanol–water partition coefficient (Wildman–Crippen LogP) is 2.79. The lowest BCUT2D eigenvalue weighted by Gasteiger charge is -2.02. The number of hydrogen-bond donors (Lipinski definition) is 1. The van der Waals surface area contributed by atoms with Crippen LogP contribution in [0.5, 0.6) is 0 Å². The van der Waals surface area contributed by atoms with Gasteiger partial charge in [-0.2, -0.15) is 0 Å². The van der Waals surface area contributed by atoms with Crippen molar-refractivity contribution in [2.45, 2.75) is 11.3 Å². The highest BCUT2D eigenvalue weighted by Crippen LogP contribution is 2.28. The Morgan fingerprint density at radius 3 is 2.69 bits per heavy atom. The number of thiazole rings is 1. The van der Waals surface area contributed by atoms with Crippen molar-refractivity contribution in [3.05, 3.63) is 58.1 Å². The number of amides is 1. The molecule has 1 aromatic heterocycles. The zero-order chi connectivity index (χ0) is 18.9. The molecule has 0 unspecified atom stereocenters. The van der Waals surface area contributed by atoms with Crippen molar-refractivity contribution in [1.29, 1.82) is 0 Å². The molecule has 2 aromatic carbocycles. The Bertz CT molecular complexity index is 1120. The van der Waals surface area contributed by atoms with Gasteiger partial charge in [-0.1, -0.05) is 29.5 Å². The molecule has 10 heteroatoms. The minimum Gasteiger partial charge on any atom is -0.302 e. The first-order valence-electron chi connectivity index (χ1n) is 7.37. The lowest BCUT2D eigenvalue weighted by Crippen LogP contribution is -2.15. The summed E-state index contributed by atoms with van der Waals surface area (Å²) < 4.78 is 23.8. The number of aromatic nitrogens is 1. The maximum Gasteiger partial charge on any atom is 0.273 e. The standard InChI is InChI=1S/C16H13N3O5S2/c1-26(23,24)11-6-7-12-14(9-11)25-16(17-12)18-15(20)8-10-4-2-3-5-13(10)19(21)22/h2-7,9H,8H2,1H3,(H,17,18,20). The molecule has 0 aliphatic heterocycles. The van der Waals surface area contributed by atoms with Gasteiger partial charge in [0.1, 0.15) is 0 Å². The average Bonchev–Trinajstić information content (AvgIpc) is 2.95. The second-order valence-corrected chi connectivity index (χ2v) is 8.58.